The third kappa shape index (κ3) is 2.11. The molecule has 16 heavy (non-hydrogen) atoms. The molecule has 0 aliphatic heterocycles. The first-order chi connectivity index (χ1) is 7.70. The molecule has 0 bridgehead atoms. The summed E-state index contributed by atoms with van der Waals surface area (Å²) in [6.07, 6.45) is 1.81. The number of hydrogen-bond donors (Lipinski definition) is 1. The van der Waals surface area contributed by atoms with Gasteiger partial charge in [-0.3, -0.25) is 0 Å². The second-order valence-electron chi connectivity index (χ2n) is 3.69. The van der Waals surface area contributed by atoms with Gasteiger partial charge in [0.15, 0.2) is 5.82 Å². The zero-order valence-corrected chi connectivity index (χ0v) is 9.30. The first-order valence-corrected chi connectivity index (χ1v) is 5.23. The van der Waals surface area contributed by atoms with Crippen molar-refractivity contribution in [3.05, 3.63) is 17.6 Å². The zero-order valence-electron chi connectivity index (χ0n) is 9.30. The molecule has 2 heterocycles. The predicted molar refractivity (Wildman–Crippen MR) is 56.4 cm³/mol. The molecule has 0 radical (unpaired) electrons. The molecule has 0 aromatic carbocycles. The van der Waals surface area contributed by atoms with Gasteiger partial charge in [-0.2, -0.15) is 4.98 Å². The third-order valence-electron chi connectivity index (χ3n) is 2.21. The normalized spacial score (nSPS) is 12.9. The van der Waals surface area contributed by atoms with Gasteiger partial charge in [0.1, 0.15) is 0 Å². The van der Waals surface area contributed by atoms with Crippen LogP contribution in [0.4, 0.5) is 0 Å². The minimum Gasteiger partial charge on any atom is -0.351 e. The molecular weight excluding hydrogens is 208 g/mol. The Morgan fingerprint density at radius 2 is 2.19 bits per heavy atom. The van der Waals surface area contributed by atoms with Crippen molar-refractivity contribution in [2.75, 3.05) is 0 Å². The highest BCUT2D eigenvalue weighted by Crippen LogP contribution is 2.20. The van der Waals surface area contributed by atoms with Gasteiger partial charge in [0.05, 0.1) is 11.7 Å². The van der Waals surface area contributed by atoms with Crippen LogP contribution >= 0.6 is 0 Å². The minimum absolute atomic E-state index is 0.188. The number of aryl methyl sites for hydroxylation is 1. The van der Waals surface area contributed by atoms with Crippen LogP contribution in [0.25, 0.3) is 11.7 Å². The number of hydrogen-bond acceptors (Lipinski definition) is 6. The van der Waals surface area contributed by atoms with Gasteiger partial charge in [-0.1, -0.05) is 23.7 Å². The molecule has 2 aromatic heterocycles. The number of nitrogens with two attached hydrogens (primary N) is 1. The summed E-state index contributed by atoms with van der Waals surface area (Å²) >= 11 is 0. The highest BCUT2D eigenvalue weighted by Gasteiger charge is 2.17. The SMILES string of the molecule is CCCC(N)c1noc(-c2cc(C)no2)n1. The average Bonchev–Trinajstić information content (AvgIpc) is 2.85. The van der Waals surface area contributed by atoms with Gasteiger partial charge < -0.3 is 14.8 Å². The van der Waals surface area contributed by atoms with Crippen molar-refractivity contribution >= 4 is 0 Å². The van der Waals surface area contributed by atoms with Crippen LogP contribution < -0.4 is 5.73 Å². The van der Waals surface area contributed by atoms with E-state index in [1.807, 2.05) is 6.92 Å². The molecule has 0 fully saturated rings. The fourth-order valence-electron chi connectivity index (χ4n) is 1.39. The van der Waals surface area contributed by atoms with Gasteiger partial charge in [0.2, 0.25) is 5.76 Å². The Kier molecular flexibility index (Phi) is 3.00. The van der Waals surface area contributed by atoms with E-state index in [9.17, 15) is 0 Å². The molecule has 0 saturated carbocycles. The van der Waals surface area contributed by atoms with E-state index < -0.39 is 0 Å². The van der Waals surface area contributed by atoms with E-state index in [4.69, 9.17) is 14.8 Å². The standard InChI is InChI=1S/C10H14N4O2/c1-3-4-7(11)9-12-10(16-14-9)8-5-6(2)13-15-8/h5,7H,3-4,11H2,1-2H3. The molecule has 2 N–H and O–H groups in total. The average molecular weight is 222 g/mol. The molecule has 2 rings (SSSR count). The summed E-state index contributed by atoms with van der Waals surface area (Å²) in [4.78, 5) is 4.18. The maximum atomic E-state index is 5.87. The first kappa shape index (κ1) is 10.8. The summed E-state index contributed by atoms with van der Waals surface area (Å²) in [6.45, 7) is 3.88. The summed E-state index contributed by atoms with van der Waals surface area (Å²) in [6, 6.07) is 1.55. The van der Waals surface area contributed by atoms with Crippen LogP contribution in [0.3, 0.4) is 0 Å². The van der Waals surface area contributed by atoms with Crippen LogP contribution in [0, 0.1) is 6.92 Å². The molecule has 6 nitrogen and oxygen atoms in total. The molecule has 0 saturated heterocycles. The van der Waals surface area contributed by atoms with Gasteiger partial charge in [-0.25, -0.2) is 0 Å². The third-order valence-corrected chi connectivity index (χ3v) is 2.21. The highest BCUT2D eigenvalue weighted by molar-refractivity contribution is 5.43. The van der Waals surface area contributed by atoms with E-state index in [1.165, 1.54) is 0 Å². The molecule has 1 atom stereocenters. The van der Waals surface area contributed by atoms with Gasteiger partial charge >= 0.3 is 0 Å². The van der Waals surface area contributed by atoms with E-state index >= 15 is 0 Å². The Morgan fingerprint density at radius 3 is 2.81 bits per heavy atom. The topological polar surface area (TPSA) is 91.0 Å². The highest BCUT2D eigenvalue weighted by atomic mass is 16.5. The number of nitrogens with zero attached hydrogens (tertiary/aromatic N) is 3. The van der Waals surface area contributed by atoms with Crippen molar-refractivity contribution in [1.82, 2.24) is 15.3 Å². The van der Waals surface area contributed by atoms with Crippen LogP contribution in [0.15, 0.2) is 15.1 Å². The number of rotatable bonds is 4. The largest absolute Gasteiger partial charge is 0.351 e. The second-order valence-corrected chi connectivity index (χ2v) is 3.69. The second kappa shape index (κ2) is 4.44. The molecular formula is C10H14N4O2. The Hall–Kier alpha value is -1.69. The lowest BCUT2D eigenvalue weighted by Gasteiger charge is -2.02. The van der Waals surface area contributed by atoms with E-state index in [2.05, 4.69) is 22.2 Å². The molecule has 0 spiro atoms. The van der Waals surface area contributed by atoms with Crippen molar-refractivity contribution in [3.63, 3.8) is 0 Å². The van der Waals surface area contributed by atoms with Crippen LogP contribution in [0.2, 0.25) is 0 Å². The Morgan fingerprint density at radius 1 is 1.38 bits per heavy atom. The van der Waals surface area contributed by atoms with Crippen molar-refractivity contribution in [1.29, 1.82) is 0 Å². The summed E-state index contributed by atoms with van der Waals surface area (Å²) in [5.74, 6) is 1.30. The van der Waals surface area contributed by atoms with Crippen molar-refractivity contribution in [2.45, 2.75) is 32.7 Å². The minimum atomic E-state index is -0.188. The van der Waals surface area contributed by atoms with Crippen LogP contribution in [0.1, 0.15) is 37.3 Å². The van der Waals surface area contributed by atoms with Crippen molar-refractivity contribution in [2.24, 2.45) is 5.73 Å². The van der Waals surface area contributed by atoms with Crippen LogP contribution in [-0.4, -0.2) is 15.3 Å². The van der Waals surface area contributed by atoms with E-state index in [1.54, 1.807) is 6.07 Å². The van der Waals surface area contributed by atoms with Gasteiger partial charge in [0.25, 0.3) is 5.89 Å². The molecule has 0 aliphatic rings. The lowest BCUT2D eigenvalue weighted by molar-refractivity contribution is 0.377. The maximum absolute atomic E-state index is 5.87. The molecule has 0 amide bonds. The van der Waals surface area contributed by atoms with Gasteiger partial charge in [-0.15, -0.1) is 0 Å². The van der Waals surface area contributed by atoms with Crippen molar-refractivity contribution < 1.29 is 9.05 Å². The monoisotopic (exact) mass is 222 g/mol. The lowest BCUT2D eigenvalue weighted by atomic mass is 10.2. The maximum Gasteiger partial charge on any atom is 0.296 e. The molecule has 2 aromatic rings. The quantitative estimate of drug-likeness (QED) is 0.848. The first-order valence-electron chi connectivity index (χ1n) is 5.23. The van der Waals surface area contributed by atoms with E-state index in [0.29, 0.717) is 17.5 Å². The molecule has 86 valence electrons. The Balaban J connectivity index is 2.19. The van der Waals surface area contributed by atoms with Crippen LogP contribution in [0.5, 0.6) is 0 Å². The Labute approximate surface area is 92.8 Å². The fraction of sp³-hybridized carbons (Fsp3) is 0.500. The summed E-state index contributed by atoms with van der Waals surface area (Å²) in [5, 5.41) is 7.57. The summed E-state index contributed by atoms with van der Waals surface area (Å²) in [5.41, 5.74) is 6.64. The van der Waals surface area contributed by atoms with E-state index in [0.717, 1.165) is 18.5 Å². The molecule has 6 heteroatoms. The van der Waals surface area contributed by atoms with E-state index in [-0.39, 0.29) is 6.04 Å². The Bertz CT molecular complexity index is 463. The smallest absolute Gasteiger partial charge is 0.296 e. The summed E-state index contributed by atoms with van der Waals surface area (Å²) < 4.78 is 10.1. The van der Waals surface area contributed by atoms with Crippen LogP contribution in [-0.2, 0) is 0 Å². The fourth-order valence-corrected chi connectivity index (χ4v) is 1.39. The predicted octanol–water partition coefficient (Wildman–Crippen LogP) is 1.83. The lowest BCUT2D eigenvalue weighted by Crippen LogP contribution is -2.11. The van der Waals surface area contributed by atoms with Gasteiger partial charge in [-0.05, 0) is 13.3 Å². The molecule has 1 unspecified atom stereocenters. The zero-order chi connectivity index (χ0) is 11.5. The van der Waals surface area contributed by atoms with Crippen molar-refractivity contribution in [3.8, 4) is 11.7 Å². The summed E-state index contributed by atoms with van der Waals surface area (Å²) in [7, 11) is 0. The number of aromatic nitrogens is 3. The molecule has 0 aliphatic carbocycles. The van der Waals surface area contributed by atoms with Gasteiger partial charge in [0, 0.05) is 6.07 Å².